The van der Waals surface area contributed by atoms with Crippen molar-refractivity contribution in [2.45, 2.75) is 31.4 Å². The third-order valence-corrected chi connectivity index (χ3v) is 8.45. The van der Waals surface area contributed by atoms with Crippen molar-refractivity contribution in [2.75, 3.05) is 14.2 Å². The van der Waals surface area contributed by atoms with Gasteiger partial charge in [0.15, 0.2) is 0 Å². The third-order valence-electron chi connectivity index (χ3n) is 5.59. The van der Waals surface area contributed by atoms with Crippen LogP contribution in [-0.2, 0) is 23.1 Å². The van der Waals surface area contributed by atoms with E-state index in [2.05, 4.69) is 15.9 Å². The number of nitrogens with zero attached hydrogens (tertiary/aromatic N) is 1. The van der Waals surface area contributed by atoms with E-state index in [0.29, 0.717) is 21.5 Å². The summed E-state index contributed by atoms with van der Waals surface area (Å²) >= 11 is 3.22. The Balaban J connectivity index is 1.93. The molecule has 0 saturated heterocycles. The monoisotopic (exact) mass is 551 g/mol. The van der Waals surface area contributed by atoms with Crippen LogP contribution in [-0.4, -0.2) is 37.3 Å². The Morgan fingerprint density at radius 2 is 1.38 bits per heavy atom. The molecular formula is C25H27BrFNO5S. The SMILES string of the molecule is COc1ccc(CN(Cc2ccc(OC)cc2)S(=O)(=O)C(C)C(O)c2ccc(F)cc2Br)cc1. The molecule has 182 valence electrons. The van der Waals surface area contributed by atoms with Gasteiger partial charge in [0.2, 0.25) is 10.0 Å². The molecule has 0 bridgehead atoms. The van der Waals surface area contributed by atoms with Crippen molar-refractivity contribution in [2.24, 2.45) is 0 Å². The van der Waals surface area contributed by atoms with Gasteiger partial charge in [-0.25, -0.2) is 12.8 Å². The number of hydrogen-bond acceptors (Lipinski definition) is 5. The Morgan fingerprint density at radius 3 is 1.79 bits per heavy atom. The van der Waals surface area contributed by atoms with Crippen LogP contribution in [0.15, 0.2) is 71.2 Å². The van der Waals surface area contributed by atoms with E-state index < -0.39 is 27.2 Å². The van der Waals surface area contributed by atoms with Crippen molar-refractivity contribution in [3.63, 3.8) is 0 Å². The van der Waals surface area contributed by atoms with Crippen molar-refractivity contribution < 1.29 is 27.4 Å². The van der Waals surface area contributed by atoms with Gasteiger partial charge in [-0.2, -0.15) is 4.31 Å². The molecule has 0 heterocycles. The zero-order chi connectivity index (χ0) is 24.9. The van der Waals surface area contributed by atoms with E-state index in [-0.39, 0.29) is 13.1 Å². The maximum Gasteiger partial charge on any atom is 0.220 e. The van der Waals surface area contributed by atoms with Gasteiger partial charge in [0.25, 0.3) is 0 Å². The third kappa shape index (κ3) is 6.15. The van der Waals surface area contributed by atoms with Crippen LogP contribution in [0.1, 0.15) is 29.7 Å². The Kier molecular flexibility index (Phi) is 8.70. The predicted octanol–water partition coefficient (Wildman–Crippen LogP) is 5.06. The minimum absolute atomic E-state index is 0.0972. The lowest BCUT2D eigenvalue weighted by Crippen LogP contribution is -2.39. The summed E-state index contributed by atoms with van der Waals surface area (Å²) in [7, 11) is -0.874. The van der Waals surface area contributed by atoms with Gasteiger partial charge in [0, 0.05) is 17.6 Å². The lowest BCUT2D eigenvalue weighted by molar-refractivity contribution is 0.171. The van der Waals surface area contributed by atoms with Crippen molar-refractivity contribution in [3.05, 3.63) is 93.7 Å². The summed E-state index contributed by atoms with van der Waals surface area (Å²) in [6.07, 6.45) is -1.37. The highest BCUT2D eigenvalue weighted by Gasteiger charge is 2.35. The molecule has 0 radical (unpaired) electrons. The standard InChI is InChI=1S/C25H27BrFNO5S/c1-17(25(29)23-13-8-20(27)14-24(23)26)34(30,31)28(15-18-4-9-21(32-2)10-5-18)16-19-6-11-22(33-3)12-7-19/h4-14,17,25,29H,15-16H2,1-3H3. The van der Waals surface area contributed by atoms with Gasteiger partial charge < -0.3 is 14.6 Å². The number of sulfonamides is 1. The van der Waals surface area contributed by atoms with E-state index in [0.717, 1.165) is 11.1 Å². The highest BCUT2D eigenvalue weighted by molar-refractivity contribution is 9.10. The van der Waals surface area contributed by atoms with E-state index in [9.17, 15) is 17.9 Å². The summed E-state index contributed by atoms with van der Waals surface area (Å²) in [5, 5.41) is 9.73. The first-order valence-electron chi connectivity index (χ1n) is 10.5. The molecule has 1 N–H and O–H groups in total. The van der Waals surface area contributed by atoms with Gasteiger partial charge >= 0.3 is 0 Å². The van der Waals surface area contributed by atoms with Crippen LogP contribution in [0.4, 0.5) is 4.39 Å². The van der Waals surface area contributed by atoms with Crippen LogP contribution in [0, 0.1) is 5.82 Å². The summed E-state index contributed by atoms with van der Waals surface area (Å²) in [6, 6.07) is 18.0. The molecule has 0 spiro atoms. The van der Waals surface area contributed by atoms with Gasteiger partial charge in [-0.05, 0) is 60.0 Å². The highest BCUT2D eigenvalue weighted by Crippen LogP contribution is 2.31. The topological polar surface area (TPSA) is 76.1 Å². The van der Waals surface area contributed by atoms with Gasteiger partial charge in [0.05, 0.1) is 20.3 Å². The molecule has 34 heavy (non-hydrogen) atoms. The van der Waals surface area contributed by atoms with E-state index in [1.807, 2.05) is 0 Å². The molecule has 0 amide bonds. The fourth-order valence-corrected chi connectivity index (χ4v) is 5.68. The summed E-state index contributed by atoms with van der Waals surface area (Å²) in [4.78, 5) is 0. The highest BCUT2D eigenvalue weighted by atomic mass is 79.9. The largest absolute Gasteiger partial charge is 0.497 e. The summed E-state index contributed by atoms with van der Waals surface area (Å²) < 4.78 is 52.9. The van der Waals surface area contributed by atoms with Crippen molar-refractivity contribution in [1.29, 1.82) is 0 Å². The van der Waals surface area contributed by atoms with Crippen LogP contribution in [0.5, 0.6) is 11.5 Å². The summed E-state index contributed by atoms with van der Waals surface area (Å²) in [6.45, 7) is 1.64. The van der Waals surface area contributed by atoms with E-state index in [1.165, 1.54) is 29.4 Å². The summed E-state index contributed by atoms with van der Waals surface area (Å²) in [5.74, 6) is 0.843. The van der Waals surface area contributed by atoms with E-state index in [4.69, 9.17) is 9.47 Å². The maximum atomic E-state index is 13.7. The molecule has 0 aliphatic rings. The first-order valence-corrected chi connectivity index (χ1v) is 12.8. The molecule has 0 aliphatic heterocycles. The Morgan fingerprint density at radius 1 is 0.912 bits per heavy atom. The quantitative estimate of drug-likeness (QED) is 0.381. The summed E-state index contributed by atoms with van der Waals surface area (Å²) in [5.41, 5.74) is 1.83. The number of halogens is 2. The van der Waals surface area contributed by atoms with Crippen molar-refractivity contribution in [3.8, 4) is 11.5 Å². The average molecular weight is 552 g/mol. The fraction of sp³-hybridized carbons (Fsp3) is 0.280. The number of rotatable bonds is 10. The number of benzene rings is 3. The zero-order valence-corrected chi connectivity index (χ0v) is 21.5. The molecule has 0 saturated carbocycles. The number of aliphatic hydroxyl groups is 1. The van der Waals surface area contributed by atoms with Gasteiger partial charge in [-0.15, -0.1) is 0 Å². The lowest BCUT2D eigenvalue weighted by atomic mass is 10.1. The number of methoxy groups -OCH3 is 2. The molecule has 0 fully saturated rings. The normalized spacial score (nSPS) is 13.5. The molecule has 3 aromatic carbocycles. The maximum absolute atomic E-state index is 13.7. The zero-order valence-electron chi connectivity index (χ0n) is 19.1. The lowest BCUT2D eigenvalue weighted by Gasteiger charge is -2.29. The average Bonchev–Trinajstić information content (AvgIpc) is 2.83. The first kappa shape index (κ1) is 26.2. The van der Waals surface area contributed by atoms with Crippen LogP contribution in [0.3, 0.4) is 0 Å². The van der Waals surface area contributed by atoms with Crippen LogP contribution >= 0.6 is 15.9 Å². The number of hydrogen-bond donors (Lipinski definition) is 1. The van der Waals surface area contributed by atoms with Gasteiger partial charge in [0.1, 0.15) is 22.6 Å². The molecule has 9 heteroatoms. The van der Waals surface area contributed by atoms with Crippen molar-refractivity contribution >= 4 is 26.0 Å². The van der Waals surface area contributed by atoms with Gasteiger partial charge in [-0.3, -0.25) is 0 Å². The smallest absolute Gasteiger partial charge is 0.220 e. The Labute approximate surface area is 208 Å². The second-order valence-corrected chi connectivity index (χ2v) is 11.0. The molecular weight excluding hydrogens is 525 g/mol. The Bertz CT molecular complexity index is 1150. The minimum Gasteiger partial charge on any atom is -0.497 e. The fourth-order valence-electron chi connectivity index (χ4n) is 3.50. The number of ether oxygens (including phenoxy) is 2. The van der Waals surface area contributed by atoms with Crippen molar-refractivity contribution in [1.82, 2.24) is 4.31 Å². The molecule has 0 aliphatic carbocycles. The van der Waals surface area contributed by atoms with Gasteiger partial charge in [-0.1, -0.05) is 46.3 Å². The molecule has 2 unspecified atom stereocenters. The van der Waals surface area contributed by atoms with Crippen LogP contribution < -0.4 is 9.47 Å². The van der Waals surface area contributed by atoms with Crippen LogP contribution in [0.25, 0.3) is 0 Å². The number of aliphatic hydroxyl groups excluding tert-OH is 1. The van der Waals surface area contributed by atoms with E-state index in [1.54, 1.807) is 62.8 Å². The predicted molar refractivity (Wildman–Crippen MR) is 133 cm³/mol. The molecule has 0 aromatic heterocycles. The Hall–Kier alpha value is -2.46. The minimum atomic E-state index is -4.00. The van der Waals surface area contributed by atoms with Crippen LogP contribution in [0.2, 0.25) is 0 Å². The van der Waals surface area contributed by atoms with E-state index >= 15 is 0 Å². The first-order chi connectivity index (χ1) is 16.1. The molecule has 3 aromatic rings. The molecule has 6 nitrogen and oxygen atoms in total. The second-order valence-electron chi connectivity index (χ2n) is 7.82. The second kappa shape index (κ2) is 11.3. The molecule has 2 atom stereocenters. The molecule has 3 rings (SSSR count).